The fourth-order valence-electron chi connectivity index (χ4n) is 2.86. The predicted molar refractivity (Wildman–Crippen MR) is 108 cm³/mol. The van der Waals surface area contributed by atoms with Gasteiger partial charge in [-0.2, -0.15) is 0 Å². The fourth-order valence-corrected chi connectivity index (χ4v) is 2.86. The Morgan fingerprint density at radius 3 is 2.62 bits per heavy atom. The molecular formula is C21H20N2O9. The zero-order valence-corrected chi connectivity index (χ0v) is 17.4. The number of carbonyl (C=O) groups is 4. The van der Waals surface area contributed by atoms with Gasteiger partial charge in [0.2, 0.25) is 5.76 Å². The number of para-hydroxylation sites is 1. The first kappa shape index (κ1) is 22.4. The molecule has 1 fully saturated rings. The molecule has 0 spiro atoms. The Kier molecular flexibility index (Phi) is 6.47. The van der Waals surface area contributed by atoms with E-state index in [0.717, 1.165) is 4.90 Å². The number of carbonyl (C=O) groups excluding carboxylic acids is 3. The second-order valence-corrected chi connectivity index (χ2v) is 6.61. The molecule has 1 aromatic carbocycles. The maximum atomic E-state index is 12.8. The number of carboxylic acids is 1. The number of hydrogen-bond donors (Lipinski definition) is 2. The van der Waals surface area contributed by atoms with E-state index in [1.54, 1.807) is 18.2 Å². The number of rotatable bonds is 8. The lowest BCUT2D eigenvalue weighted by molar-refractivity contribution is -0.144. The number of esters is 1. The van der Waals surface area contributed by atoms with Crippen LogP contribution < -0.4 is 14.8 Å². The highest BCUT2D eigenvalue weighted by Gasteiger charge is 2.35. The van der Waals surface area contributed by atoms with Gasteiger partial charge in [0.1, 0.15) is 11.5 Å². The van der Waals surface area contributed by atoms with Crippen molar-refractivity contribution in [2.45, 2.75) is 19.6 Å². The summed E-state index contributed by atoms with van der Waals surface area (Å²) in [4.78, 5) is 48.7. The largest absolute Gasteiger partial charge is 0.493 e. The first-order chi connectivity index (χ1) is 15.2. The zero-order valence-electron chi connectivity index (χ0n) is 17.4. The number of imide groups is 1. The molecular weight excluding hydrogens is 424 g/mol. The van der Waals surface area contributed by atoms with Crippen LogP contribution in [0.15, 0.2) is 40.4 Å². The molecule has 0 aliphatic carbocycles. The third-order valence-corrected chi connectivity index (χ3v) is 4.50. The molecule has 168 valence electrons. The predicted octanol–water partition coefficient (Wildman–Crippen LogP) is 2.02. The van der Waals surface area contributed by atoms with Crippen LogP contribution in [0.3, 0.4) is 0 Å². The third-order valence-electron chi connectivity index (χ3n) is 4.50. The van der Waals surface area contributed by atoms with Crippen molar-refractivity contribution < 1.29 is 42.9 Å². The van der Waals surface area contributed by atoms with Crippen LogP contribution in [-0.4, -0.2) is 54.2 Å². The van der Waals surface area contributed by atoms with E-state index in [9.17, 15) is 19.2 Å². The molecule has 32 heavy (non-hydrogen) atoms. The van der Waals surface area contributed by atoms with Gasteiger partial charge in [0.25, 0.3) is 5.91 Å². The highest BCUT2D eigenvalue weighted by atomic mass is 16.5. The lowest BCUT2D eigenvalue weighted by Crippen LogP contribution is -2.30. The van der Waals surface area contributed by atoms with Crippen molar-refractivity contribution in [2.75, 3.05) is 14.2 Å². The molecule has 0 bridgehead atoms. The molecule has 0 saturated carbocycles. The Balaban J connectivity index is 1.86. The maximum Gasteiger partial charge on any atom is 0.373 e. The van der Waals surface area contributed by atoms with Crippen molar-refractivity contribution >= 4 is 30.0 Å². The van der Waals surface area contributed by atoms with Crippen molar-refractivity contribution in [3.63, 3.8) is 0 Å². The summed E-state index contributed by atoms with van der Waals surface area (Å²) in [5, 5.41) is 11.6. The van der Waals surface area contributed by atoms with E-state index in [1.165, 1.54) is 39.4 Å². The smallest absolute Gasteiger partial charge is 0.373 e. The van der Waals surface area contributed by atoms with Crippen molar-refractivity contribution in [1.82, 2.24) is 10.2 Å². The number of furan rings is 1. The number of hydrogen-bond acceptors (Lipinski definition) is 8. The minimum Gasteiger partial charge on any atom is -0.493 e. The number of carboxylic acid groups (broad SMARTS) is 1. The summed E-state index contributed by atoms with van der Waals surface area (Å²) in [6, 6.07) is 6.91. The van der Waals surface area contributed by atoms with E-state index < -0.39 is 30.0 Å². The molecule has 0 radical (unpaired) electrons. The average molecular weight is 444 g/mol. The minimum atomic E-state index is -1.18. The van der Waals surface area contributed by atoms with Gasteiger partial charge in [0.15, 0.2) is 17.6 Å². The molecule has 1 aliphatic heterocycles. The summed E-state index contributed by atoms with van der Waals surface area (Å²) in [6.07, 6.45) is 0.172. The summed E-state index contributed by atoms with van der Waals surface area (Å²) in [5.41, 5.74) is 0.268. The number of methoxy groups -OCH3 is 2. The maximum absolute atomic E-state index is 12.8. The van der Waals surface area contributed by atoms with Gasteiger partial charge in [-0.05, 0) is 31.2 Å². The van der Waals surface area contributed by atoms with Gasteiger partial charge in [0, 0.05) is 5.56 Å². The van der Waals surface area contributed by atoms with E-state index in [0.29, 0.717) is 5.56 Å². The number of nitrogens with one attached hydrogen (secondary N) is 1. The van der Waals surface area contributed by atoms with Crippen LogP contribution in [0.2, 0.25) is 0 Å². The molecule has 1 saturated heterocycles. The molecule has 3 amide bonds. The molecule has 11 nitrogen and oxygen atoms in total. The number of amides is 3. The van der Waals surface area contributed by atoms with Crippen molar-refractivity contribution in [3.05, 3.63) is 53.1 Å². The normalized spacial score (nSPS) is 15.5. The first-order valence-electron chi connectivity index (χ1n) is 9.33. The van der Waals surface area contributed by atoms with E-state index in [-0.39, 0.29) is 35.3 Å². The van der Waals surface area contributed by atoms with Crippen LogP contribution >= 0.6 is 0 Å². The van der Waals surface area contributed by atoms with Gasteiger partial charge in [-0.3, -0.25) is 9.69 Å². The minimum absolute atomic E-state index is 0.0592. The Labute approximate surface area is 182 Å². The van der Waals surface area contributed by atoms with Crippen LogP contribution in [0.25, 0.3) is 6.08 Å². The Hall–Kier alpha value is -4.28. The Morgan fingerprint density at radius 2 is 1.97 bits per heavy atom. The second kappa shape index (κ2) is 9.25. The summed E-state index contributed by atoms with van der Waals surface area (Å²) in [7, 11) is 2.59. The SMILES string of the molecule is COC(=O)c1ccc(CN2C(=O)N/C(=C\c3cccc(OC)c3O[C@H](C)C(=O)O)C2=O)o1. The Morgan fingerprint density at radius 1 is 1.22 bits per heavy atom. The van der Waals surface area contributed by atoms with E-state index >= 15 is 0 Å². The summed E-state index contributed by atoms with van der Waals surface area (Å²) in [5.74, 6) is -2.01. The number of nitrogens with zero attached hydrogens (tertiary/aromatic N) is 1. The van der Waals surface area contributed by atoms with E-state index in [1.807, 2.05) is 0 Å². The molecule has 2 aromatic rings. The van der Waals surface area contributed by atoms with Gasteiger partial charge >= 0.3 is 18.0 Å². The highest BCUT2D eigenvalue weighted by Crippen LogP contribution is 2.34. The van der Waals surface area contributed by atoms with Gasteiger partial charge < -0.3 is 29.1 Å². The summed E-state index contributed by atoms with van der Waals surface area (Å²) >= 11 is 0. The fraction of sp³-hybridized carbons (Fsp3) is 0.238. The molecule has 1 aliphatic rings. The molecule has 11 heteroatoms. The number of ether oxygens (including phenoxy) is 3. The molecule has 1 atom stereocenters. The van der Waals surface area contributed by atoms with Crippen LogP contribution in [-0.2, 0) is 20.9 Å². The third kappa shape index (κ3) is 4.56. The lowest BCUT2D eigenvalue weighted by Gasteiger charge is -2.16. The van der Waals surface area contributed by atoms with E-state index in [2.05, 4.69) is 10.1 Å². The molecule has 0 unspecified atom stereocenters. The Bertz CT molecular complexity index is 1100. The van der Waals surface area contributed by atoms with Crippen molar-refractivity contribution in [1.29, 1.82) is 0 Å². The lowest BCUT2D eigenvalue weighted by atomic mass is 10.1. The average Bonchev–Trinajstić information content (AvgIpc) is 3.34. The monoisotopic (exact) mass is 444 g/mol. The van der Waals surface area contributed by atoms with Crippen molar-refractivity contribution in [3.8, 4) is 11.5 Å². The number of benzene rings is 1. The molecule has 3 rings (SSSR count). The first-order valence-corrected chi connectivity index (χ1v) is 9.33. The quantitative estimate of drug-likeness (QED) is 0.355. The van der Waals surface area contributed by atoms with Crippen LogP contribution in [0.1, 0.15) is 28.8 Å². The highest BCUT2D eigenvalue weighted by molar-refractivity contribution is 6.14. The standard InChI is InChI=1S/C21H20N2O9/c1-11(19(25)26)31-17-12(5-4-6-15(17)29-2)9-14-18(24)23(21(28)22-14)10-13-7-8-16(32-13)20(27)30-3/h4-9,11H,10H2,1-3H3,(H,22,28)(H,25,26)/b14-9-/t11-/m1/s1. The zero-order chi connectivity index (χ0) is 23.4. The molecule has 2 N–H and O–H groups in total. The van der Waals surface area contributed by atoms with Crippen LogP contribution in [0, 0.1) is 0 Å². The van der Waals surface area contributed by atoms with Crippen LogP contribution in [0.4, 0.5) is 4.79 Å². The van der Waals surface area contributed by atoms with E-state index in [4.69, 9.17) is 19.0 Å². The van der Waals surface area contributed by atoms with Crippen LogP contribution in [0.5, 0.6) is 11.5 Å². The number of aliphatic carboxylic acids is 1. The summed E-state index contributed by atoms with van der Waals surface area (Å²) < 4.78 is 20.6. The summed E-state index contributed by atoms with van der Waals surface area (Å²) in [6.45, 7) is 1.14. The van der Waals surface area contributed by atoms with Gasteiger partial charge in [-0.1, -0.05) is 12.1 Å². The molecule has 1 aromatic heterocycles. The van der Waals surface area contributed by atoms with Gasteiger partial charge in [-0.25, -0.2) is 14.4 Å². The van der Waals surface area contributed by atoms with Gasteiger partial charge in [-0.15, -0.1) is 0 Å². The molecule has 2 heterocycles. The van der Waals surface area contributed by atoms with Crippen molar-refractivity contribution in [2.24, 2.45) is 0 Å². The second-order valence-electron chi connectivity index (χ2n) is 6.61. The topological polar surface area (TPSA) is 145 Å². The van der Waals surface area contributed by atoms with Gasteiger partial charge in [0.05, 0.1) is 20.8 Å². The number of urea groups is 1.